The molecule has 0 unspecified atom stereocenters. The zero-order valence-electron chi connectivity index (χ0n) is 18.8. The maximum atomic E-state index is 4.33. The molecule has 1 heterocycles. The van der Waals surface area contributed by atoms with Crippen molar-refractivity contribution in [2.75, 3.05) is 0 Å². The number of hydrogen-bond acceptors (Lipinski definition) is 2. The molecule has 1 aromatic carbocycles. The molecule has 0 amide bonds. The van der Waals surface area contributed by atoms with Crippen molar-refractivity contribution >= 4 is 12.2 Å². The van der Waals surface area contributed by atoms with Crippen molar-refractivity contribution < 1.29 is 0 Å². The van der Waals surface area contributed by atoms with Crippen LogP contribution in [0.4, 0.5) is 0 Å². The van der Waals surface area contributed by atoms with Crippen molar-refractivity contribution in [2.45, 2.75) is 104 Å². The minimum absolute atomic E-state index is 0.939. The molecule has 1 aromatic heterocycles. The number of nitrogens with zero attached hydrogens (tertiary/aromatic N) is 2. The lowest BCUT2D eigenvalue weighted by Crippen LogP contribution is -2.26. The Bertz CT molecular complexity index is 762. The first-order valence-corrected chi connectivity index (χ1v) is 12.0. The Balaban J connectivity index is 2.04. The number of nitrogens with one attached hydrogen (secondary N) is 1. The smallest absolute Gasteiger partial charge is 0.113 e. The summed E-state index contributed by atoms with van der Waals surface area (Å²) in [6, 6.07) is 6.58. The molecule has 0 radical (unpaired) electrons. The van der Waals surface area contributed by atoms with Gasteiger partial charge in [-0.15, -0.1) is 0 Å². The molecule has 0 saturated heterocycles. The zero-order chi connectivity index (χ0) is 20.6. The lowest BCUT2D eigenvalue weighted by atomic mass is 10.0. The topological polar surface area (TPSA) is 41.6 Å². The largest absolute Gasteiger partial charge is 0.197 e. The van der Waals surface area contributed by atoms with Crippen LogP contribution in [0.5, 0.6) is 0 Å². The average molecular weight is 396 g/mol. The first-order valence-electron chi connectivity index (χ1n) is 12.0. The maximum Gasteiger partial charge on any atom is 0.113 e. The third kappa shape index (κ3) is 8.97. The van der Waals surface area contributed by atoms with Crippen molar-refractivity contribution in [2.24, 2.45) is 0 Å². The van der Waals surface area contributed by atoms with Crippen LogP contribution < -0.4 is 10.4 Å². The molecule has 0 spiro atoms. The molecule has 3 nitrogen and oxygen atoms in total. The first-order chi connectivity index (χ1) is 14.4. The van der Waals surface area contributed by atoms with Crippen LogP contribution in [0.1, 0.15) is 104 Å². The van der Waals surface area contributed by atoms with Gasteiger partial charge in [-0.2, -0.15) is 15.4 Å². The van der Waals surface area contributed by atoms with Gasteiger partial charge in [0.2, 0.25) is 0 Å². The molecule has 2 aromatic rings. The maximum absolute atomic E-state index is 4.33. The Morgan fingerprint density at radius 2 is 1.38 bits per heavy atom. The highest BCUT2D eigenvalue weighted by molar-refractivity contribution is 5.61. The number of H-pyrrole nitrogens is 1. The predicted molar refractivity (Wildman–Crippen MR) is 126 cm³/mol. The average Bonchev–Trinajstić information content (AvgIpc) is 3.27. The molecular weight excluding hydrogens is 354 g/mol. The van der Waals surface area contributed by atoms with E-state index in [-0.39, 0.29) is 0 Å². The Morgan fingerprint density at radius 1 is 0.759 bits per heavy atom. The molecule has 0 aliphatic carbocycles. The van der Waals surface area contributed by atoms with Crippen LogP contribution in [0.15, 0.2) is 24.4 Å². The molecule has 1 N–H and O–H groups in total. The van der Waals surface area contributed by atoms with Gasteiger partial charge in [0.15, 0.2) is 0 Å². The van der Waals surface area contributed by atoms with Gasteiger partial charge in [-0.05, 0) is 36.1 Å². The fourth-order valence-electron chi connectivity index (χ4n) is 3.90. The van der Waals surface area contributed by atoms with E-state index in [0.29, 0.717) is 0 Å². The highest BCUT2D eigenvalue weighted by Gasteiger charge is 2.03. The summed E-state index contributed by atoms with van der Waals surface area (Å²) < 4.78 is 0. The van der Waals surface area contributed by atoms with Crippen molar-refractivity contribution in [3.63, 3.8) is 0 Å². The van der Waals surface area contributed by atoms with E-state index in [9.17, 15) is 0 Å². The summed E-state index contributed by atoms with van der Waals surface area (Å²) in [4.78, 5) is 0. The third-order valence-electron chi connectivity index (χ3n) is 5.66. The molecule has 29 heavy (non-hydrogen) atoms. The zero-order valence-corrected chi connectivity index (χ0v) is 18.8. The summed E-state index contributed by atoms with van der Waals surface area (Å²) in [5.41, 5.74) is 2.13. The quantitative estimate of drug-likeness (QED) is 0.348. The van der Waals surface area contributed by atoms with Crippen LogP contribution in [-0.2, 0) is 0 Å². The fourth-order valence-corrected chi connectivity index (χ4v) is 3.90. The van der Waals surface area contributed by atoms with E-state index in [1.807, 2.05) is 6.20 Å². The highest BCUT2D eigenvalue weighted by Crippen LogP contribution is 2.11. The van der Waals surface area contributed by atoms with E-state index in [0.717, 1.165) is 18.5 Å². The van der Waals surface area contributed by atoms with Crippen LogP contribution in [0.25, 0.3) is 23.4 Å². The molecule has 3 heteroatoms. The summed E-state index contributed by atoms with van der Waals surface area (Å²) in [7, 11) is 0. The summed E-state index contributed by atoms with van der Waals surface area (Å²) >= 11 is 0. The van der Waals surface area contributed by atoms with Crippen LogP contribution in [0.3, 0.4) is 0 Å². The van der Waals surface area contributed by atoms with Gasteiger partial charge >= 0.3 is 0 Å². The van der Waals surface area contributed by atoms with Crippen LogP contribution in [0.2, 0.25) is 0 Å². The van der Waals surface area contributed by atoms with E-state index < -0.39 is 0 Å². The second-order valence-corrected chi connectivity index (χ2v) is 8.18. The minimum atomic E-state index is 0.939. The number of aromatic nitrogens is 3. The standard InChI is InChI=1S/C26H41N3/c1-3-5-7-9-11-13-15-18-23-19-17-21-25(26-22-27-29-28-26)24(23)20-16-14-12-10-8-6-4-2/h17-22H,3-16H2,1-2H3,(H,27,28,29). The molecule has 0 aliphatic rings. The molecule has 0 atom stereocenters. The number of aromatic amines is 1. The van der Waals surface area contributed by atoms with Gasteiger partial charge in [0.25, 0.3) is 0 Å². The van der Waals surface area contributed by atoms with Gasteiger partial charge in [0.05, 0.1) is 6.20 Å². The SMILES string of the molecule is CCCCCCCCC=c1cccc(-c2cn[nH]n2)c1=CCCCCCCCC. The molecule has 0 bridgehead atoms. The lowest BCUT2D eigenvalue weighted by molar-refractivity contribution is 0.614. The van der Waals surface area contributed by atoms with Gasteiger partial charge in [0.1, 0.15) is 5.69 Å². The molecule has 2 rings (SSSR count). The molecular formula is C26H41N3. The van der Waals surface area contributed by atoms with Crippen molar-refractivity contribution in [3.05, 3.63) is 34.8 Å². The fraction of sp³-hybridized carbons (Fsp3) is 0.615. The van der Waals surface area contributed by atoms with Crippen molar-refractivity contribution in [1.82, 2.24) is 15.4 Å². The Labute approximate surface area is 177 Å². The number of benzene rings is 1. The second kappa shape index (κ2) is 15.0. The summed E-state index contributed by atoms with van der Waals surface area (Å²) in [6.45, 7) is 4.55. The molecule has 0 fully saturated rings. The second-order valence-electron chi connectivity index (χ2n) is 8.18. The summed E-state index contributed by atoms with van der Waals surface area (Å²) in [6.07, 6.45) is 25.1. The van der Waals surface area contributed by atoms with Gasteiger partial charge in [0, 0.05) is 5.56 Å². The van der Waals surface area contributed by atoms with Crippen LogP contribution in [0, 0.1) is 0 Å². The van der Waals surface area contributed by atoms with E-state index in [2.05, 4.69) is 59.6 Å². The lowest BCUT2D eigenvalue weighted by Gasteiger charge is -2.03. The molecule has 0 saturated carbocycles. The normalized spacial score (nSPS) is 12.8. The first kappa shape index (κ1) is 23.4. The molecule has 160 valence electrons. The van der Waals surface area contributed by atoms with Crippen molar-refractivity contribution in [1.29, 1.82) is 0 Å². The van der Waals surface area contributed by atoms with E-state index in [1.165, 1.54) is 93.1 Å². The minimum Gasteiger partial charge on any atom is -0.197 e. The summed E-state index contributed by atoms with van der Waals surface area (Å²) in [5, 5.41) is 13.8. The van der Waals surface area contributed by atoms with E-state index >= 15 is 0 Å². The monoisotopic (exact) mass is 395 g/mol. The Morgan fingerprint density at radius 3 is 2.00 bits per heavy atom. The Kier molecular flexibility index (Phi) is 12.1. The van der Waals surface area contributed by atoms with Crippen LogP contribution in [-0.4, -0.2) is 15.4 Å². The number of unbranched alkanes of at least 4 members (excludes halogenated alkanes) is 12. The van der Waals surface area contributed by atoms with Crippen molar-refractivity contribution in [3.8, 4) is 11.3 Å². The highest BCUT2D eigenvalue weighted by atomic mass is 15.3. The predicted octanol–water partition coefficient (Wildman–Crippen LogP) is 6.53. The Hall–Kier alpha value is -1.90. The number of rotatable bonds is 15. The van der Waals surface area contributed by atoms with Gasteiger partial charge in [-0.1, -0.05) is 108 Å². The van der Waals surface area contributed by atoms with Gasteiger partial charge < -0.3 is 0 Å². The number of hydrogen-bond donors (Lipinski definition) is 1. The van der Waals surface area contributed by atoms with E-state index in [1.54, 1.807) is 0 Å². The van der Waals surface area contributed by atoms with Gasteiger partial charge in [-0.3, -0.25) is 0 Å². The summed E-state index contributed by atoms with van der Waals surface area (Å²) in [5.74, 6) is 0. The van der Waals surface area contributed by atoms with E-state index in [4.69, 9.17) is 0 Å². The van der Waals surface area contributed by atoms with Gasteiger partial charge in [-0.25, -0.2) is 0 Å². The van der Waals surface area contributed by atoms with Crippen LogP contribution >= 0.6 is 0 Å². The molecule has 0 aliphatic heterocycles. The third-order valence-corrected chi connectivity index (χ3v) is 5.66.